The summed E-state index contributed by atoms with van der Waals surface area (Å²) in [6.07, 6.45) is 2.64. The van der Waals surface area contributed by atoms with E-state index in [1.807, 2.05) is 6.92 Å². The Morgan fingerprint density at radius 3 is 2.76 bits per heavy atom. The third kappa shape index (κ3) is 2.58. The van der Waals surface area contributed by atoms with Crippen LogP contribution in [-0.2, 0) is 11.2 Å². The standard InChI is InChI=1S/C13H19NO2S/c1-4-16-12(8(2)3)13-14-11-9(15)6-5-7-10(11)17-13/h8,12H,4-7H2,1-3H3. The molecule has 0 aliphatic heterocycles. The van der Waals surface area contributed by atoms with Crippen LogP contribution in [0, 0.1) is 5.92 Å². The lowest BCUT2D eigenvalue weighted by Gasteiger charge is -2.17. The number of ketones is 1. The first-order chi connectivity index (χ1) is 8.13. The predicted octanol–water partition coefficient (Wildman–Crippen LogP) is 3.40. The van der Waals surface area contributed by atoms with Gasteiger partial charge in [0.15, 0.2) is 5.78 Å². The molecule has 1 heterocycles. The van der Waals surface area contributed by atoms with Crippen LogP contribution < -0.4 is 0 Å². The number of nitrogens with zero attached hydrogens (tertiary/aromatic N) is 1. The second-order valence-corrected chi connectivity index (χ2v) is 5.84. The van der Waals surface area contributed by atoms with E-state index in [1.54, 1.807) is 11.3 Å². The number of hydrogen-bond donors (Lipinski definition) is 0. The lowest BCUT2D eigenvalue weighted by Crippen LogP contribution is -2.12. The Labute approximate surface area is 106 Å². The zero-order chi connectivity index (χ0) is 12.4. The monoisotopic (exact) mass is 253 g/mol. The van der Waals surface area contributed by atoms with Crippen molar-refractivity contribution in [2.24, 2.45) is 5.92 Å². The first-order valence-electron chi connectivity index (χ1n) is 6.27. The molecule has 0 bridgehead atoms. The largest absolute Gasteiger partial charge is 0.371 e. The number of thiazole rings is 1. The molecule has 3 nitrogen and oxygen atoms in total. The average molecular weight is 253 g/mol. The molecule has 1 atom stereocenters. The summed E-state index contributed by atoms with van der Waals surface area (Å²) in [7, 11) is 0. The summed E-state index contributed by atoms with van der Waals surface area (Å²) in [4.78, 5) is 17.4. The van der Waals surface area contributed by atoms with Crippen LogP contribution in [0.4, 0.5) is 0 Å². The van der Waals surface area contributed by atoms with Crippen molar-refractivity contribution >= 4 is 17.1 Å². The highest BCUT2D eigenvalue weighted by atomic mass is 32.1. The molecule has 1 unspecified atom stereocenters. The molecule has 0 saturated carbocycles. The summed E-state index contributed by atoms with van der Waals surface area (Å²) in [6, 6.07) is 0. The second-order valence-electron chi connectivity index (χ2n) is 4.72. The van der Waals surface area contributed by atoms with Crippen molar-refractivity contribution in [1.82, 2.24) is 4.98 Å². The molecule has 2 rings (SSSR count). The van der Waals surface area contributed by atoms with E-state index in [2.05, 4.69) is 18.8 Å². The van der Waals surface area contributed by atoms with Crippen LogP contribution in [0.1, 0.15) is 60.1 Å². The Morgan fingerprint density at radius 2 is 2.18 bits per heavy atom. The summed E-state index contributed by atoms with van der Waals surface area (Å²) >= 11 is 1.66. The minimum atomic E-state index is 0.0309. The van der Waals surface area contributed by atoms with Crippen molar-refractivity contribution in [1.29, 1.82) is 0 Å². The number of Topliss-reactive ketones (excluding diaryl/α,β-unsaturated/α-hetero) is 1. The number of rotatable bonds is 4. The third-order valence-corrected chi connectivity index (χ3v) is 4.16. The maximum Gasteiger partial charge on any atom is 0.182 e. The van der Waals surface area contributed by atoms with Crippen LogP contribution in [0.3, 0.4) is 0 Å². The number of carbonyl (C=O) groups is 1. The molecule has 1 aliphatic carbocycles. The van der Waals surface area contributed by atoms with Crippen LogP contribution in [0.5, 0.6) is 0 Å². The molecular weight excluding hydrogens is 234 g/mol. The van der Waals surface area contributed by atoms with Gasteiger partial charge in [-0.2, -0.15) is 0 Å². The zero-order valence-electron chi connectivity index (χ0n) is 10.7. The van der Waals surface area contributed by atoms with Gasteiger partial charge in [0.2, 0.25) is 0 Å². The molecule has 4 heteroatoms. The van der Waals surface area contributed by atoms with E-state index in [4.69, 9.17) is 4.74 Å². The molecule has 0 N–H and O–H groups in total. The first kappa shape index (κ1) is 12.7. The molecule has 0 saturated heterocycles. The van der Waals surface area contributed by atoms with Crippen LogP contribution in [0.25, 0.3) is 0 Å². The summed E-state index contributed by atoms with van der Waals surface area (Å²) in [5.74, 6) is 0.588. The fraction of sp³-hybridized carbons (Fsp3) is 0.692. The lowest BCUT2D eigenvalue weighted by molar-refractivity contribution is 0.0292. The van der Waals surface area contributed by atoms with E-state index >= 15 is 0 Å². The molecule has 1 aliphatic rings. The van der Waals surface area contributed by atoms with Crippen molar-refractivity contribution in [3.63, 3.8) is 0 Å². The van der Waals surface area contributed by atoms with Gasteiger partial charge in [0, 0.05) is 17.9 Å². The molecule has 1 aromatic rings. The Kier molecular flexibility index (Phi) is 3.94. The van der Waals surface area contributed by atoms with Crippen LogP contribution in [-0.4, -0.2) is 17.4 Å². The molecule has 1 aromatic heterocycles. The van der Waals surface area contributed by atoms with Gasteiger partial charge in [-0.1, -0.05) is 13.8 Å². The van der Waals surface area contributed by atoms with Crippen LogP contribution in [0.15, 0.2) is 0 Å². The third-order valence-electron chi connectivity index (χ3n) is 2.98. The van der Waals surface area contributed by atoms with Gasteiger partial charge in [0.05, 0.1) is 0 Å². The number of hydrogen-bond acceptors (Lipinski definition) is 4. The van der Waals surface area contributed by atoms with Crippen molar-refractivity contribution in [3.05, 3.63) is 15.6 Å². The Bertz CT molecular complexity index is 412. The quantitative estimate of drug-likeness (QED) is 0.825. The molecule has 0 spiro atoms. The number of fused-ring (bicyclic) bond motifs is 1. The molecule has 17 heavy (non-hydrogen) atoms. The van der Waals surface area contributed by atoms with Crippen molar-refractivity contribution in [2.75, 3.05) is 6.61 Å². The Hall–Kier alpha value is -0.740. The molecule has 0 radical (unpaired) electrons. The molecule has 94 valence electrons. The van der Waals surface area contributed by atoms with Gasteiger partial charge in [-0.3, -0.25) is 4.79 Å². The summed E-state index contributed by atoms with van der Waals surface area (Å²) < 4.78 is 5.74. The van der Waals surface area contributed by atoms with Gasteiger partial charge in [-0.15, -0.1) is 11.3 Å². The fourth-order valence-electron chi connectivity index (χ4n) is 2.14. The normalized spacial score (nSPS) is 17.3. The predicted molar refractivity (Wildman–Crippen MR) is 68.6 cm³/mol. The SMILES string of the molecule is CCOC(c1nc2c(s1)CCCC2=O)C(C)C. The van der Waals surface area contributed by atoms with Crippen LogP contribution >= 0.6 is 11.3 Å². The van der Waals surface area contributed by atoms with Crippen LogP contribution in [0.2, 0.25) is 0 Å². The van der Waals surface area contributed by atoms with Gasteiger partial charge in [0.25, 0.3) is 0 Å². The highest BCUT2D eigenvalue weighted by Gasteiger charge is 2.27. The van der Waals surface area contributed by atoms with Gasteiger partial charge < -0.3 is 4.74 Å². The minimum absolute atomic E-state index is 0.0309. The highest BCUT2D eigenvalue weighted by molar-refractivity contribution is 7.12. The number of ether oxygens (including phenoxy) is 1. The molecule has 0 fully saturated rings. The van der Waals surface area contributed by atoms with Gasteiger partial charge in [-0.25, -0.2) is 4.98 Å². The topological polar surface area (TPSA) is 39.2 Å². The van der Waals surface area contributed by atoms with E-state index in [0.29, 0.717) is 24.6 Å². The van der Waals surface area contributed by atoms with Crippen molar-refractivity contribution in [2.45, 2.75) is 46.1 Å². The Morgan fingerprint density at radius 1 is 1.41 bits per heavy atom. The van der Waals surface area contributed by atoms with Crippen molar-refractivity contribution < 1.29 is 9.53 Å². The van der Waals surface area contributed by atoms with Crippen molar-refractivity contribution in [3.8, 4) is 0 Å². The Balaban J connectivity index is 2.29. The van der Waals surface area contributed by atoms with E-state index in [9.17, 15) is 4.79 Å². The van der Waals surface area contributed by atoms with E-state index in [1.165, 1.54) is 0 Å². The molecular formula is C13H19NO2S. The molecule has 0 aromatic carbocycles. The first-order valence-corrected chi connectivity index (χ1v) is 7.09. The summed E-state index contributed by atoms with van der Waals surface area (Å²) in [5.41, 5.74) is 0.710. The lowest BCUT2D eigenvalue weighted by atomic mass is 10.0. The molecule has 0 amide bonds. The smallest absolute Gasteiger partial charge is 0.182 e. The number of aryl methyl sites for hydroxylation is 1. The number of aromatic nitrogens is 1. The summed E-state index contributed by atoms with van der Waals surface area (Å²) in [6.45, 7) is 6.93. The van der Waals surface area contributed by atoms with Gasteiger partial charge in [-0.05, 0) is 25.7 Å². The summed E-state index contributed by atoms with van der Waals surface area (Å²) in [5, 5.41) is 0.974. The van der Waals surface area contributed by atoms with E-state index in [0.717, 1.165) is 22.7 Å². The van der Waals surface area contributed by atoms with E-state index < -0.39 is 0 Å². The van der Waals surface area contributed by atoms with Gasteiger partial charge >= 0.3 is 0 Å². The fourth-order valence-corrected chi connectivity index (χ4v) is 3.48. The van der Waals surface area contributed by atoms with Gasteiger partial charge in [0.1, 0.15) is 16.8 Å². The maximum atomic E-state index is 11.8. The maximum absolute atomic E-state index is 11.8. The minimum Gasteiger partial charge on any atom is -0.371 e. The van der Waals surface area contributed by atoms with E-state index in [-0.39, 0.29) is 11.9 Å². The zero-order valence-corrected chi connectivity index (χ0v) is 11.5. The highest BCUT2D eigenvalue weighted by Crippen LogP contribution is 2.34. The second kappa shape index (κ2) is 5.27. The average Bonchev–Trinajstić information content (AvgIpc) is 2.70. The number of carbonyl (C=O) groups excluding carboxylic acids is 1.